The topological polar surface area (TPSA) is 86.3 Å². The molecule has 1 saturated heterocycles. The highest BCUT2D eigenvalue weighted by Gasteiger charge is 2.16. The number of methoxy groups -OCH3 is 1. The van der Waals surface area contributed by atoms with Crippen molar-refractivity contribution >= 4 is 5.84 Å². The van der Waals surface area contributed by atoms with Gasteiger partial charge in [-0.15, -0.1) is 0 Å². The molecule has 0 spiro atoms. The van der Waals surface area contributed by atoms with E-state index in [1.165, 1.54) is 0 Å². The summed E-state index contributed by atoms with van der Waals surface area (Å²) in [5.74, 6) is 1.23. The molecule has 6 heteroatoms. The number of hydrogen-bond acceptors (Lipinski definition) is 5. The number of amidine groups is 1. The summed E-state index contributed by atoms with van der Waals surface area (Å²) in [6.45, 7) is 1.42. The average Bonchev–Trinajstić information content (AvgIpc) is 3.00. The van der Waals surface area contributed by atoms with Crippen LogP contribution < -0.4 is 15.2 Å². The average molecular weight is 280 g/mol. The summed E-state index contributed by atoms with van der Waals surface area (Å²) in [4.78, 5) is 0. The van der Waals surface area contributed by atoms with E-state index in [-0.39, 0.29) is 5.84 Å². The molecule has 3 N–H and O–H groups in total. The second kappa shape index (κ2) is 7.00. The van der Waals surface area contributed by atoms with Crippen molar-refractivity contribution < 1.29 is 19.4 Å². The van der Waals surface area contributed by atoms with Crippen LogP contribution >= 0.6 is 0 Å². The lowest BCUT2D eigenvalue weighted by atomic mass is 10.2. The van der Waals surface area contributed by atoms with Gasteiger partial charge in [-0.25, -0.2) is 0 Å². The van der Waals surface area contributed by atoms with Crippen molar-refractivity contribution in [3.63, 3.8) is 0 Å². The third kappa shape index (κ3) is 3.54. The zero-order valence-electron chi connectivity index (χ0n) is 11.5. The van der Waals surface area contributed by atoms with E-state index in [4.69, 9.17) is 25.2 Å². The molecule has 1 aromatic rings. The molecule has 0 amide bonds. The van der Waals surface area contributed by atoms with Gasteiger partial charge in [0.15, 0.2) is 17.3 Å². The molecule has 1 heterocycles. The van der Waals surface area contributed by atoms with E-state index >= 15 is 0 Å². The lowest BCUT2D eigenvalue weighted by Crippen LogP contribution is -2.14. The van der Waals surface area contributed by atoms with Crippen LogP contribution in [0.4, 0.5) is 0 Å². The molecule has 1 atom stereocenters. The van der Waals surface area contributed by atoms with Gasteiger partial charge in [-0.2, -0.15) is 0 Å². The fourth-order valence-electron chi connectivity index (χ4n) is 2.18. The molecule has 1 aromatic carbocycles. The SMILES string of the molecule is COc1cc(C(N)=NO)ccc1OCCC1CCCO1. The Bertz CT molecular complexity index is 470. The van der Waals surface area contributed by atoms with Crippen molar-refractivity contribution in [2.45, 2.75) is 25.4 Å². The van der Waals surface area contributed by atoms with Gasteiger partial charge in [0.1, 0.15) is 0 Å². The summed E-state index contributed by atoms with van der Waals surface area (Å²) >= 11 is 0. The van der Waals surface area contributed by atoms with Gasteiger partial charge in [-0.05, 0) is 31.0 Å². The van der Waals surface area contributed by atoms with Gasteiger partial charge in [0.25, 0.3) is 0 Å². The first kappa shape index (κ1) is 14.5. The number of nitrogens with two attached hydrogens (primary N) is 1. The van der Waals surface area contributed by atoms with Crippen molar-refractivity contribution in [3.05, 3.63) is 23.8 Å². The highest BCUT2D eigenvalue weighted by atomic mass is 16.5. The normalized spacial score (nSPS) is 19.1. The Balaban J connectivity index is 1.96. The number of oxime groups is 1. The van der Waals surface area contributed by atoms with Crippen molar-refractivity contribution in [1.29, 1.82) is 0 Å². The minimum Gasteiger partial charge on any atom is -0.493 e. The molecule has 0 aliphatic carbocycles. The Morgan fingerprint density at radius 1 is 1.50 bits per heavy atom. The highest BCUT2D eigenvalue weighted by molar-refractivity contribution is 5.97. The molecule has 1 aliphatic heterocycles. The van der Waals surface area contributed by atoms with E-state index in [9.17, 15) is 0 Å². The van der Waals surface area contributed by atoms with Crippen LogP contribution in [0, 0.1) is 0 Å². The fraction of sp³-hybridized carbons (Fsp3) is 0.500. The minimum atomic E-state index is 0.0363. The summed E-state index contributed by atoms with van der Waals surface area (Å²) < 4.78 is 16.5. The summed E-state index contributed by atoms with van der Waals surface area (Å²) in [7, 11) is 1.55. The Labute approximate surface area is 118 Å². The molecule has 1 fully saturated rings. The lowest BCUT2D eigenvalue weighted by Gasteiger charge is -2.13. The van der Waals surface area contributed by atoms with Gasteiger partial charge in [0.2, 0.25) is 0 Å². The summed E-state index contributed by atoms with van der Waals surface area (Å²) in [6.07, 6.45) is 3.40. The second-order valence-corrected chi connectivity index (χ2v) is 4.62. The van der Waals surface area contributed by atoms with E-state index in [0.717, 1.165) is 25.9 Å². The number of ether oxygens (including phenoxy) is 3. The van der Waals surface area contributed by atoms with E-state index in [2.05, 4.69) is 5.16 Å². The number of hydrogen-bond donors (Lipinski definition) is 2. The van der Waals surface area contributed by atoms with Gasteiger partial charge in [0.05, 0.1) is 19.8 Å². The molecule has 0 aromatic heterocycles. The van der Waals surface area contributed by atoms with E-state index < -0.39 is 0 Å². The third-order valence-electron chi connectivity index (χ3n) is 3.29. The monoisotopic (exact) mass is 280 g/mol. The predicted octanol–water partition coefficient (Wildman–Crippen LogP) is 1.74. The van der Waals surface area contributed by atoms with Crippen LogP contribution in [0.25, 0.3) is 0 Å². The summed E-state index contributed by atoms with van der Waals surface area (Å²) in [5.41, 5.74) is 6.12. The first-order valence-electron chi connectivity index (χ1n) is 6.65. The Kier molecular flexibility index (Phi) is 5.06. The van der Waals surface area contributed by atoms with Crippen molar-refractivity contribution in [2.75, 3.05) is 20.3 Å². The smallest absolute Gasteiger partial charge is 0.170 e. The lowest BCUT2D eigenvalue weighted by molar-refractivity contribution is 0.0899. The quantitative estimate of drug-likeness (QED) is 0.359. The minimum absolute atomic E-state index is 0.0363. The summed E-state index contributed by atoms with van der Waals surface area (Å²) in [5, 5.41) is 11.6. The summed E-state index contributed by atoms with van der Waals surface area (Å²) in [6, 6.07) is 5.15. The maximum absolute atomic E-state index is 8.66. The van der Waals surface area contributed by atoms with Gasteiger partial charge in [-0.1, -0.05) is 5.16 Å². The predicted molar refractivity (Wildman–Crippen MR) is 74.6 cm³/mol. The van der Waals surface area contributed by atoms with Gasteiger partial charge < -0.3 is 25.2 Å². The van der Waals surface area contributed by atoms with E-state index in [1.807, 2.05) is 0 Å². The molecule has 0 saturated carbocycles. The molecule has 20 heavy (non-hydrogen) atoms. The number of rotatable bonds is 6. The third-order valence-corrected chi connectivity index (χ3v) is 3.29. The van der Waals surface area contributed by atoms with Crippen molar-refractivity contribution in [1.82, 2.24) is 0 Å². The zero-order chi connectivity index (χ0) is 14.4. The molecule has 110 valence electrons. The Morgan fingerprint density at radius 2 is 2.35 bits per heavy atom. The molecule has 0 bridgehead atoms. The maximum Gasteiger partial charge on any atom is 0.170 e. The Morgan fingerprint density at radius 3 is 3.00 bits per heavy atom. The van der Waals surface area contributed by atoms with Gasteiger partial charge in [-0.3, -0.25) is 0 Å². The largest absolute Gasteiger partial charge is 0.493 e. The standard InChI is InChI=1S/C14H20N2O4/c1-18-13-9-10(14(15)16-17)4-5-12(13)20-8-6-11-3-2-7-19-11/h4-5,9,11,17H,2-3,6-8H2,1H3,(H2,15,16). The molecule has 2 rings (SSSR count). The molecule has 1 unspecified atom stereocenters. The first-order valence-corrected chi connectivity index (χ1v) is 6.65. The number of nitrogens with zero attached hydrogens (tertiary/aromatic N) is 1. The van der Waals surface area contributed by atoms with Crippen LogP contribution in [0.15, 0.2) is 23.4 Å². The molecular weight excluding hydrogens is 260 g/mol. The van der Waals surface area contributed by atoms with Crippen LogP contribution in [0.2, 0.25) is 0 Å². The van der Waals surface area contributed by atoms with E-state index in [0.29, 0.717) is 29.8 Å². The van der Waals surface area contributed by atoms with Crippen LogP contribution in [0.1, 0.15) is 24.8 Å². The van der Waals surface area contributed by atoms with Crippen molar-refractivity contribution in [3.8, 4) is 11.5 Å². The number of benzene rings is 1. The van der Waals surface area contributed by atoms with Crippen LogP contribution in [0.5, 0.6) is 11.5 Å². The van der Waals surface area contributed by atoms with Crippen molar-refractivity contribution in [2.24, 2.45) is 10.9 Å². The zero-order valence-corrected chi connectivity index (χ0v) is 11.5. The maximum atomic E-state index is 8.66. The van der Waals surface area contributed by atoms with Crippen LogP contribution in [0.3, 0.4) is 0 Å². The molecule has 1 aliphatic rings. The van der Waals surface area contributed by atoms with Crippen LogP contribution in [-0.2, 0) is 4.74 Å². The van der Waals surface area contributed by atoms with Gasteiger partial charge in [0, 0.05) is 18.6 Å². The molecular formula is C14H20N2O4. The Hall–Kier alpha value is -1.95. The first-order chi connectivity index (χ1) is 9.74. The highest BCUT2D eigenvalue weighted by Crippen LogP contribution is 2.28. The van der Waals surface area contributed by atoms with E-state index in [1.54, 1.807) is 25.3 Å². The molecule has 0 radical (unpaired) electrons. The second-order valence-electron chi connectivity index (χ2n) is 4.62. The molecule has 6 nitrogen and oxygen atoms in total. The fourth-order valence-corrected chi connectivity index (χ4v) is 2.18. The van der Waals surface area contributed by atoms with Gasteiger partial charge >= 0.3 is 0 Å². The van der Waals surface area contributed by atoms with Crippen LogP contribution in [-0.4, -0.2) is 37.5 Å².